The lowest BCUT2D eigenvalue weighted by molar-refractivity contribution is -0.0262. The van der Waals surface area contributed by atoms with Gasteiger partial charge in [0.15, 0.2) is 0 Å². The van der Waals surface area contributed by atoms with Gasteiger partial charge in [-0.2, -0.15) is 0 Å². The summed E-state index contributed by atoms with van der Waals surface area (Å²) >= 11 is 0. The maximum atomic E-state index is 13.2. The van der Waals surface area contributed by atoms with Crippen LogP contribution in [-0.2, 0) is 14.8 Å². The van der Waals surface area contributed by atoms with Gasteiger partial charge in [0.05, 0.1) is 25.2 Å². The summed E-state index contributed by atoms with van der Waals surface area (Å²) in [5, 5.41) is 10.6. The first-order chi connectivity index (χ1) is 18.7. The number of hydrogen-bond acceptors (Lipinski definition) is 6. The van der Waals surface area contributed by atoms with Crippen molar-refractivity contribution in [1.29, 1.82) is 0 Å². The van der Waals surface area contributed by atoms with Crippen molar-refractivity contribution in [3.8, 4) is 22.8 Å². The minimum atomic E-state index is -3.61. The molecule has 1 saturated heterocycles. The molecular formula is C29H26FNO7S. The molecule has 202 valence electrons. The van der Waals surface area contributed by atoms with Crippen molar-refractivity contribution in [3.05, 3.63) is 77.6 Å². The zero-order valence-electron chi connectivity index (χ0n) is 21.1. The van der Waals surface area contributed by atoms with E-state index in [9.17, 15) is 22.7 Å². The molecule has 1 aliphatic carbocycles. The number of aromatic carboxylic acids is 1. The van der Waals surface area contributed by atoms with Gasteiger partial charge in [0.1, 0.15) is 34.2 Å². The molecule has 1 aliphatic heterocycles. The van der Waals surface area contributed by atoms with Crippen molar-refractivity contribution >= 4 is 32.6 Å². The predicted octanol–water partition coefficient (Wildman–Crippen LogP) is 6.02. The fourth-order valence-electron chi connectivity index (χ4n) is 4.85. The molecule has 10 heteroatoms. The van der Waals surface area contributed by atoms with Crippen LogP contribution in [0.4, 0.5) is 10.1 Å². The molecule has 39 heavy (non-hydrogen) atoms. The fraction of sp³-hybridized carbons (Fsp3) is 0.276. The number of furan rings is 1. The summed E-state index contributed by atoms with van der Waals surface area (Å²) in [4.78, 5) is 12.4. The molecule has 0 atom stereocenters. The summed E-state index contributed by atoms with van der Waals surface area (Å²) in [7, 11) is -3.61. The van der Waals surface area contributed by atoms with E-state index in [2.05, 4.69) is 0 Å². The van der Waals surface area contributed by atoms with Crippen LogP contribution in [-0.4, -0.2) is 45.5 Å². The topological polar surface area (TPSA) is 106 Å². The van der Waals surface area contributed by atoms with Crippen LogP contribution in [0.5, 0.6) is 11.5 Å². The van der Waals surface area contributed by atoms with Gasteiger partial charge >= 0.3 is 5.97 Å². The zero-order chi connectivity index (χ0) is 27.3. The molecule has 2 aliphatic rings. The number of hydrogen-bond donors (Lipinski definition) is 1. The minimum absolute atomic E-state index is 0.0175. The van der Waals surface area contributed by atoms with Crippen LogP contribution in [0.25, 0.3) is 22.3 Å². The number of benzene rings is 3. The van der Waals surface area contributed by atoms with E-state index in [1.54, 1.807) is 36.4 Å². The Morgan fingerprint density at radius 1 is 1.05 bits per heavy atom. The van der Waals surface area contributed by atoms with Gasteiger partial charge in [-0.1, -0.05) is 0 Å². The molecule has 0 spiro atoms. The molecular weight excluding hydrogens is 525 g/mol. The lowest BCUT2D eigenvalue weighted by Crippen LogP contribution is -2.42. The van der Waals surface area contributed by atoms with Crippen molar-refractivity contribution in [3.63, 3.8) is 0 Å². The van der Waals surface area contributed by atoms with Crippen molar-refractivity contribution in [2.45, 2.75) is 18.8 Å². The van der Waals surface area contributed by atoms with Gasteiger partial charge in [-0.05, 0) is 78.9 Å². The predicted molar refractivity (Wildman–Crippen MR) is 144 cm³/mol. The molecule has 1 aromatic heterocycles. The van der Waals surface area contributed by atoms with Crippen LogP contribution < -0.4 is 9.04 Å². The SMILES string of the molecule is CS(=O)(=O)N(CC1COC1)c1cc2oc(-c3ccc(Oc4ccc(F)cc4)cc3)c(C(=O)O)c2cc1C1CC1. The highest BCUT2D eigenvalue weighted by Crippen LogP contribution is 2.48. The monoisotopic (exact) mass is 551 g/mol. The zero-order valence-corrected chi connectivity index (χ0v) is 21.9. The second kappa shape index (κ2) is 9.69. The maximum Gasteiger partial charge on any atom is 0.340 e. The molecule has 8 nitrogen and oxygen atoms in total. The molecule has 4 aromatic rings. The summed E-state index contributed by atoms with van der Waals surface area (Å²) in [6.45, 7) is 1.29. The van der Waals surface area contributed by atoms with Gasteiger partial charge in [0.2, 0.25) is 10.0 Å². The molecule has 0 amide bonds. The fourth-order valence-corrected chi connectivity index (χ4v) is 5.85. The van der Waals surface area contributed by atoms with Crippen molar-refractivity contribution < 1.29 is 36.6 Å². The van der Waals surface area contributed by atoms with Crippen LogP contribution in [0.15, 0.2) is 65.1 Å². The van der Waals surface area contributed by atoms with E-state index in [1.165, 1.54) is 34.8 Å². The van der Waals surface area contributed by atoms with E-state index in [4.69, 9.17) is 13.9 Å². The summed E-state index contributed by atoms with van der Waals surface area (Å²) in [5.74, 6) is -0.134. The molecule has 3 aromatic carbocycles. The third kappa shape index (κ3) is 5.09. The lowest BCUT2D eigenvalue weighted by atomic mass is 10.0. The van der Waals surface area contributed by atoms with Gasteiger partial charge < -0.3 is 19.0 Å². The van der Waals surface area contributed by atoms with E-state index in [0.29, 0.717) is 53.5 Å². The van der Waals surface area contributed by atoms with Crippen LogP contribution in [0.3, 0.4) is 0 Å². The number of anilines is 1. The molecule has 2 fully saturated rings. The molecule has 2 heterocycles. The summed E-state index contributed by atoms with van der Waals surface area (Å²) in [6.07, 6.45) is 3.00. The van der Waals surface area contributed by atoms with Crippen LogP contribution in [0.2, 0.25) is 0 Å². The van der Waals surface area contributed by atoms with Gasteiger partial charge in [0.25, 0.3) is 0 Å². The first kappa shape index (κ1) is 25.4. The van der Waals surface area contributed by atoms with E-state index >= 15 is 0 Å². The van der Waals surface area contributed by atoms with Crippen molar-refractivity contribution in [2.75, 3.05) is 30.3 Å². The Balaban J connectivity index is 1.41. The molecule has 0 bridgehead atoms. The standard InChI is InChI=1S/C29H26FNO7S/c1-39(34,35)31(14-17-15-36-16-17)25-13-26-24(12-23(25)18-2-3-18)27(29(32)33)28(38-26)19-4-8-21(9-5-19)37-22-10-6-20(30)7-11-22/h4-13,17-18H,2-3,14-16H2,1H3,(H,32,33). The highest BCUT2D eigenvalue weighted by molar-refractivity contribution is 7.92. The van der Waals surface area contributed by atoms with Crippen molar-refractivity contribution in [1.82, 2.24) is 0 Å². The average molecular weight is 552 g/mol. The summed E-state index contributed by atoms with van der Waals surface area (Å²) < 4.78 is 57.4. The molecule has 1 saturated carbocycles. The van der Waals surface area contributed by atoms with Crippen LogP contribution in [0, 0.1) is 11.7 Å². The normalized spacial score (nSPS) is 15.7. The minimum Gasteiger partial charge on any atom is -0.478 e. The number of carbonyl (C=O) groups is 1. The van der Waals surface area contributed by atoms with Gasteiger partial charge in [-0.25, -0.2) is 17.6 Å². The first-order valence-electron chi connectivity index (χ1n) is 12.6. The quantitative estimate of drug-likeness (QED) is 0.271. The van der Waals surface area contributed by atoms with E-state index in [0.717, 1.165) is 18.4 Å². The number of carboxylic acid groups (broad SMARTS) is 1. The summed E-state index contributed by atoms with van der Waals surface area (Å²) in [5.41, 5.74) is 2.18. The second-order valence-electron chi connectivity index (χ2n) is 10.1. The Kier molecular flexibility index (Phi) is 6.31. The highest BCUT2D eigenvalue weighted by atomic mass is 32.2. The van der Waals surface area contributed by atoms with E-state index in [1.807, 2.05) is 0 Å². The lowest BCUT2D eigenvalue weighted by Gasteiger charge is -2.33. The second-order valence-corrected chi connectivity index (χ2v) is 12.0. The Bertz CT molecular complexity index is 1650. The Morgan fingerprint density at radius 2 is 1.69 bits per heavy atom. The third-order valence-electron chi connectivity index (χ3n) is 7.03. The molecule has 0 unspecified atom stereocenters. The molecule has 0 radical (unpaired) electrons. The van der Waals surface area contributed by atoms with E-state index < -0.39 is 16.0 Å². The van der Waals surface area contributed by atoms with Gasteiger partial charge in [-0.15, -0.1) is 0 Å². The van der Waals surface area contributed by atoms with Gasteiger partial charge in [-0.3, -0.25) is 4.31 Å². The van der Waals surface area contributed by atoms with Crippen LogP contribution >= 0.6 is 0 Å². The molecule has 6 rings (SSSR count). The number of rotatable bonds is 9. The van der Waals surface area contributed by atoms with Crippen LogP contribution in [0.1, 0.15) is 34.7 Å². The number of carboxylic acids is 1. The Morgan fingerprint density at radius 3 is 2.23 bits per heavy atom. The Labute approximate surface area is 224 Å². The highest BCUT2D eigenvalue weighted by Gasteiger charge is 2.35. The Hall–Kier alpha value is -3.89. The summed E-state index contributed by atoms with van der Waals surface area (Å²) in [6, 6.07) is 15.8. The van der Waals surface area contributed by atoms with Gasteiger partial charge in [0, 0.05) is 29.5 Å². The van der Waals surface area contributed by atoms with Crippen molar-refractivity contribution in [2.24, 2.45) is 5.92 Å². The smallest absolute Gasteiger partial charge is 0.340 e. The molecule has 1 N–H and O–H groups in total. The maximum absolute atomic E-state index is 13.2. The average Bonchev–Trinajstić information content (AvgIpc) is 3.64. The third-order valence-corrected chi connectivity index (χ3v) is 8.18. The number of fused-ring (bicyclic) bond motifs is 1. The number of ether oxygens (including phenoxy) is 2. The number of nitrogens with zero attached hydrogens (tertiary/aromatic N) is 1. The first-order valence-corrected chi connectivity index (χ1v) is 14.5. The largest absolute Gasteiger partial charge is 0.478 e. The number of sulfonamides is 1. The number of halogens is 1. The van der Waals surface area contributed by atoms with E-state index in [-0.39, 0.29) is 29.0 Å².